The second-order valence-electron chi connectivity index (χ2n) is 6.87. The molecule has 0 unspecified atom stereocenters. The predicted molar refractivity (Wildman–Crippen MR) is 107 cm³/mol. The highest BCUT2D eigenvalue weighted by Crippen LogP contribution is 2.23. The Morgan fingerprint density at radius 1 is 1.26 bits per heavy atom. The highest BCUT2D eigenvalue weighted by molar-refractivity contribution is 6.31. The molecule has 2 amide bonds. The van der Waals surface area contributed by atoms with Crippen LogP contribution in [-0.4, -0.2) is 27.9 Å². The Morgan fingerprint density at radius 2 is 2.07 bits per heavy atom. The fourth-order valence-corrected chi connectivity index (χ4v) is 3.40. The summed E-state index contributed by atoms with van der Waals surface area (Å²) in [6, 6.07) is 5.37. The number of imidazole rings is 1. The van der Waals surface area contributed by atoms with Gasteiger partial charge in [0.15, 0.2) is 5.82 Å². The van der Waals surface area contributed by atoms with Gasteiger partial charge in [-0.3, -0.25) is 9.59 Å². The van der Waals surface area contributed by atoms with Crippen LogP contribution in [-0.2, 0) is 13.0 Å². The molecule has 2 N–H and O–H groups in total. The summed E-state index contributed by atoms with van der Waals surface area (Å²) in [4.78, 5) is 29.8. The van der Waals surface area contributed by atoms with E-state index in [4.69, 9.17) is 11.6 Å². The highest BCUT2D eigenvalue weighted by Gasteiger charge is 2.27. The van der Waals surface area contributed by atoms with Crippen LogP contribution in [0.4, 0.5) is 5.69 Å². The van der Waals surface area contributed by atoms with E-state index in [1.54, 1.807) is 12.1 Å². The van der Waals surface area contributed by atoms with Gasteiger partial charge >= 0.3 is 0 Å². The molecule has 0 atom stereocenters. The van der Waals surface area contributed by atoms with E-state index in [0.29, 0.717) is 29.5 Å². The topological polar surface area (TPSA) is 76.0 Å². The summed E-state index contributed by atoms with van der Waals surface area (Å²) in [5.74, 6) is -0.251. The number of aryl methyl sites for hydroxylation is 1. The number of carbonyl (C=O) groups is 2. The molecule has 0 spiro atoms. The fourth-order valence-electron chi connectivity index (χ4n) is 3.22. The minimum atomic E-state index is -0.328. The largest absolute Gasteiger partial charge is 0.351 e. The molecule has 1 aromatic carbocycles. The Labute approximate surface area is 164 Å². The molecule has 7 heteroatoms. The van der Waals surface area contributed by atoms with Crippen LogP contribution in [0.5, 0.6) is 0 Å². The molecule has 0 bridgehead atoms. The number of unbranched alkanes of at least 4 members (excludes halogenated alkanes) is 1. The molecule has 1 aliphatic rings. The van der Waals surface area contributed by atoms with Gasteiger partial charge in [-0.2, -0.15) is 0 Å². The summed E-state index contributed by atoms with van der Waals surface area (Å²) in [5.41, 5.74) is 2.77. The SMILES string of the molecule is CCCCNC(=O)c1nc(C(=O)Nc2ccc(C)c(Cl)c2)n2c1CCCC2. The average molecular weight is 389 g/mol. The molecule has 27 heavy (non-hydrogen) atoms. The van der Waals surface area contributed by atoms with Crippen LogP contribution < -0.4 is 10.6 Å². The number of nitrogens with one attached hydrogen (secondary N) is 2. The third-order valence-corrected chi connectivity index (χ3v) is 5.19. The standard InChI is InChI=1S/C20H25ClN4O2/c1-3-4-10-22-19(26)17-16-7-5-6-11-25(16)18(24-17)20(27)23-14-9-8-13(2)15(21)12-14/h8-9,12H,3-7,10-11H2,1-2H3,(H,22,26)(H,23,27). The summed E-state index contributed by atoms with van der Waals surface area (Å²) in [6.07, 6.45) is 4.65. The molecule has 3 rings (SSSR count). The van der Waals surface area contributed by atoms with Crippen molar-refractivity contribution in [3.05, 3.63) is 46.0 Å². The number of nitrogens with zero attached hydrogens (tertiary/aromatic N) is 2. The van der Waals surface area contributed by atoms with E-state index in [9.17, 15) is 9.59 Å². The second-order valence-corrected chi connectivity index (χ2v) is 7.27. The van der Waals surface area contributed by atoms with Crippen molar-refractivity contribution in [2.45, 2.75) is 52.5 Å². The van der Waals surface area contributed by atoms with Crippen molar-refractivity contribution in [1.82, 2.24) is 14.9 Å². The molecule has 1 aliphatic heterocycles. The molecular weight excluding hydrogens is 364 g/mol. The fraction of sp³-hybridized carbons (Fsp3) is 0.450. The molecule has 1 aromatic heterocycles. The molecule has 144 valence electrons. The summed E-state index contributed by atoms with van der Waals surface area (Å²) in [7, 11) is 0. The zero-order valence-electron chi connectivity index (χ0n) is 15.8. The van der Waals surface area contributed by atoms with Gasteiger partial charge in [0.1, 0.15) is 5.69 Å². The maximum atomic E-state index is 12.8. The summed E-state index contributed by atoms with van der Waals surface area (Å²) in [6.45, 7) is 5.29. The van der Waals surface area contributed by atoms with Gasteiger partial charge in [-0.05, 0) is 50.3 Å². The maximum absolute atomic E-state index is 12.8. The molecule has 0 saturated heterocycles. The van der Waals surface area contributed by atoms with Crippen LogP contribution in [0.25, 0.3) is 0 Å². The number of rotatable bonds is 6. The van der Waals surface area contributed by atoms with Gasteiger partial charge in [0.2, 0.25) is 0 Å². The van der Waals surface area contributed by atoms with Gasteiger partial charge in [0, 0.05) is 23.8 Å². The van der Waals surface area contributed by atoms with Crippen molar-refractivity contribution in [3.8, 4) is 0 Å². The molecule has 0 fully saturated rings. The molecule has 2 aromatic rings. The summed E-state index contributed by atoms with van der Waals surface area (Å²) < 4.78 is 1.88. The van der Waals surface area contributed by atoms with Crippen molar-refractivity contribution in [2.75, 3.05) is 11.9 Å². The normalized spacial score (nSPS) is 13.1. The molecular formula is C20H25ClN4O2. The second kappa shape index (κ2) is 8.57. The zero-order valence-corrected chi connectivity index (χ0v) is 16.5. The van der Waals surface area contributed by atoms with Crippen molar-refractivity contribution in [3.63, 3.8) is 0 Å². The van der Waals surface area contributed by atoms with Gasteiger partial charge < -0.3 is 15.2 Å². The Hall–Kier alpha value is -2.34. The first kappa shape index (κ1) is 19.4. The minimum Gasteiger partial charge on any atom is -0.351 e. The van der Waals surface area contributed by atoms with Crippen molar-refractivity contribution in [1.29, 1.82) is 0 Å². The Morgan fingerprint density at radius 3 is 2.81 bits per heavy atom. The number of fused-ring (bicyclic) bond motifs is 1. The number of benzene rings is 1. The number of hydrogen-bond acceptors (Lipinski definition) is 3. The zero-order chi connectivity index (χ0) is 19.4. The van der Waals surface area contributed by atoms with Crippen LogP contribution in [0.1, 0.15) is 65.0 Å². The van der Waals surface area contributed by atoms with Crippen LogP contribution >= 0.6 is 11.6 Å². The Balaban J connectivity index is 1.85. The van der Waals surface area contributed by atoms with E-state index in [0.717, 1.165) is 43.4 Å². The van der Waals surface area contributed by atoms with Gasteiger partial charge in [0.05, 0.1) is 5.69 Å². The van der Waals surface area contributed by atoms with E-state index < -0.39 is 0 Å². The minimum absolute atomic E-state index is 0.202. The summed E-state index contributed by atoms with van der Waals surface area (Å²) >= 11 is 6.14. The van der Waals surface area contributed by atoms with Gasteiger partial charge in [-0.1, -0.05) is 31.0 Å². The van der Waals surface area contributed by atoms with Crippen molar-refractivity contribution < 1.29 is 9.59 Å². The predicted octanol–water partition coefficient (Wildman–Crippen LogP) is 3.96. The average Bonchev–Trinajstić information content (AvgIpc) is 3.05. The lowest BCUT2D eigenvalue weighted by Gasteiger charge is -2.17. The number of amides is 2. The van der Waals surface area contributed by atoms with E-state index in [1.165, 1.54) is 0 Å². The summed E-state index contributed by atoms with van der Waals surface area (Å²) in [5, 5.41) is 6.34. The maximum Gasteiger partial charge on any atom is 0.291 e. The monoisotopic (exact) mass is 388 g/mol. The highest BCUT2D eigenvalue weighted by atomic mass is 35.5. The van der Waals surface area contributed by atoms with Gasteiger partial charge in [0.25, 0.3) is 11.8 Å². The lowest BCUT2D eigenvalue weighted by atomic mass is 10.1. The Kier molecular flexibility index (Phi) is 6.16. The number of carbonyl (C=O) groups excluding carboxylic acids is 2. The van der Waals surface area contributed by atoms with Crippen LogP contribution in [0.2, 0.25) is 5.02 Å². The molecule has 0 saturated carbocycles. The number of hydrogen-bond donors (Lipinski definition) is 2. The molecule has 0 aliphatic carbocycles. The first-order chi connectivity index (χ1) is 13.0. The van der Waals surface area contributed by atoms with Crippen LogP contribution in [0.3, 0.4) is 0 Å². The van der Waals surface area contributed by atoms with E-state index in [2.05, 4.69) is 22.5 Å². The van der Waals surface area contributed by atoms with Crippen molar-refractivity contribution in [2.24, 2.45) is 0 Å². The van der Waals surface area contributed by atoms with Crippen molar-refractivity contribution >= 4 is 29.1 Å². The Bertz CT molecular complexity index is 860. The first-order valence-corrected chi connectivity index (χ1v) is 9.84. The first-order valence-electron chi connectivity index (χ1n) is 9.46. The molecule has 6 nitrogen and oxygen atoms in total. The smallest absolute Gasteiger partial charge is 0.291 e. The lowest BCUT2D eigenvalue weighted by molar-refractivity contribution is 0.0947. The molecule has 0 radical (unpaired) electrons. The molecule has 2 heterocycles. The number of halogens is 1. The van der Waals surface area contributed by atoms with E-state index in [1.807, 2.05) is 17.6 Å². The lowest BCUT2D eigenvalue weighted by Crippen LogP contribution is -2.26. The third kappa shape index (κ3) is 4.33. The number of aromatic nitrogens is 2. The van der Waals surface area contributed by atoms with E-state index in [-0.39, 0.29) is 17.6 Å². The van der Waals surface area contributed by atoms with Crippen LogP contribution in [0, 0.1) is 6.92 Å². The quantitative estimate of drug-likeness (QED) is 0.735. The van der Waals surface area contributed by atoms with Gasteiger partial charge in [-0.25, -0.2) is 4.98 Å². The van der Waals surface area contributed by atoms with Crippen LogP contribution in [0.15, 0.2) is 18.2 Å². The number of anilines is 1. The third-order valence-electron chi connectivity index (χ3n) is 4.78. The van der Waals surface area contributed by atoms with E-state index >= 15 is 0 Å². The van der Waals surface area contributed by atoms with Gasteiger partial charge in [-0.15, -0.1) is 0 Å².